The zero-order valence-corrected chi connectivity index (χ0v) is 9.91. The topological polar surface area (TPSA) is 38.7 Å². The Hall–Kier alpha value is -1.13. The maximum absolute atomic E-state index is 14.0. The van der Waals surface area contributed by atoms with Gasteiger partial charge in [0.1, 0.15) is 11.6 Å². The summed E-state index contributed by atoms with van der Waals surface area (Å²) in [5.41, 5.74) is 0.0540. The summed E-state index contributed by atoms with van der Waals surface area (Å²) in [6.45, 7) is 1.07. The monoisotopic (exact) mass is 240 g/mol. The highest BCUT2D eigenvalue weighted by Crippen LogP contribution is 2.36. The van der Waals surface area contributed by atoms with Crippen molar-refractivity contribution < 1.29 is 19.0 Å². The van der Waals surface area contributed by atoms with E-state index in [1.54, 1.807) is 12.1 Å². The van der Waals surface area contributed by atoms with Crippen LogP contribution < -0.4 is 4.74 Å². The molecule has 0 aliphatic carbocycles. The molecule has 0 aromatic heterocycles. The van der Waals surface area contributed by atoms with Crippen molar-refractivity contribution in [2.24, 2.45) is 0 Å². The molecule has 3 nitrogen and oxygen atoms in total. The SMILES string of the molecule is COc1ccc(C2(CO)CCOCC2)c(F)c1. The molecule has 0 saturated carbocycles. The van der Waals surface area contributed by atoms with Crippen LogP contribution in [-0.2, 0) is 10.2 Å². The maximum atomic E-state index is 14.0. The van der Waals surface area contributed by atoms with E-state index < -0.39 is 5.41 Å². The predicted molar refractivity (Wildman–Crippen MR) is 61.8 cm³/mol. The van der Waals surface area contributed by atoms with Gasteiger partial charge in [-0.05, 0) is 24.5 Å². The normalized spacial score (nSPS) is 19.0. The molecule has 0 atom stereocenters. The average molecular weight is 240 g/mol. The molecule has 17 heavy (non-hydrogen) atoms. The van der Waals surface area contributed by atoms with Gasteiger partial charge in [0.25, 0.3) is 0 Å². The van der Waals surface area contributed by atoms with Gasteiger partial charge in [-0.3, -0.25) is 0 Å². The summed E-state index contributed by atoms with van der Waals surface area (Å²) >= 11 is 0. The van der Waals surface area contributed by atoms with Gasteiger partial charge in [0.15, 0.2) is 0 Å². The van der Waals surface area contributed by atoms with E-state index in [9.17, 15) is 9.50 Å². The predicted octanol–water partition coefficient (Wildman–Crippen LogP) is 1.87. The lowest BCUT2D eigenvalue weighted by atomic mass is 9.74. The molecule has 0 bridgehead atoms. The minimum atomic E-state index is -0.505. The molecule has 1 aromatic carbocycles. The minimum absolute atomic E-state index is 0.0559. The van der Waals surface area contributed by atoms with E-state index >= 15 is 0 Å². The Kier molecular flexibility index (Phi) is 3.64. The molecule has 1 N–H and O–H groups in total. The zero-order valence-electron chi connectivity index (χ0n) is 9.91. The Morgan fingerprint density at radius 2 is 2.12 bits per heavy atom. The van der Waals surface area contributed by atoms with Crippen LogP contribution in [0.15, 0.2) is 18.2 Å². The van der Waals surface area contributed by atoms with Crippen LogP contribution >= 0.6 is 0 Å². The van der Waals surface area contributed by atoms with Crippen LogP contribution in [0.5, 0.6) is 5.75 Å². The third-order valence-electron chi connectivity index (χ3n) is 3.50. The van der Waals surface area contributed by atoms with Gasteiger partial charge in [-0.2, -0.15) is 0 Å². The van der Waals surface area contributed by atoms with Gasteiger partial charge >= 0.3 is 0 Å². The summed E-state index contributed by atoms with van der Waals surface area (Å²) in [4.78, 5) is 0. The molecule has 0 radical (unpaired) electrons. The molecule has 1 heterocycles. The van der Waals surface area contributed by atoms with Crippen molar-refractivity contribution in [3.8, 4) is 5.75 Å². The highest BCUT2D eigenvalue weighted by molar-refractivity contribution is 5.34. The molecule has 0 unspecified atom stereocenters. The number of hydrogen-bond donors (Lipinski definition) is 1. The Morgan fingerprint density at radius 1 is 1.41 bits per heavy atom. The van der Waals surface area contributed by atoms with Crippen LogP contribution in [-0.4, -0.2) is 32.0 Å². The number of aliphatic hydroxyl groups excluding tert-OH is 1. The lowest BCUT2D eigenvalue weighted by molar-refractivity contribution is 0.0239. The largest absolute Gasteiger partial charge is 0.497 e. The summed E-state index contributed by atoms with van der Waals surface area (Å²) in [5.74, 6) is 0.173. The molecule has 4 heteroatoms. The highest BCUT2D eigenvalue weighted by atomic mass is 19.1. The van der Waals surface area contributed by atoms with Crippen LogP contribution in [0.2, 0.25) is 0 Å². The quantitative estimate of drug-likeness (QED) is 0.876. The van der Waals surface area contributed by atoms with E-state index in [-0.39, 0.29) is 12.4 Å². The van der Waals surface area contributed by atoms with E-state index in [1.165, 1.54) is 13.2 Å². The van der Waals surface area contributed by atoms with E-state index in [0.717, 1.165) is 0 Å². The Bertz CT molecular complexity index is 386. The van der Waals surface area contributed by atoms with E-state index in [1.807, 2.05) is 0 Å². The van der Waals surface area contributed by atoms with Crippen molar-refractivity contribution in [2.45, 2.75) is 18.3 Å². The molecule has 2 rings (SSSR count). The summed E-state index contributed by atoms with van der Waals surface area (Å²) in [6, 6.07) is 4.79. The molecule has 0 amide bonds. The van der Waals surface area contributed by atoms with Gasteiger partial charge in [0.2, 0.25) is 0 Å². The van der Waals surface area contributed by atoms with Crippen molar-refractivity contribution in [2.75, 3.05) is 26.9 Å². The molecule has 1 aliphatic heterocycles. The van der Waals surface area contributed by atoms with Crippen LogP contribution in [0.1, 0.15) is 18.4 Å². The van der Waals surface area contributed by atoms with Crippen molar-refractivity contribution in [1.82, 2.24) is 0 Å². The first kappa shape index (κ1) is 12.3. The second-order valence-corrected chi connectivity index (χ2v) is 4.40. The minimum Gasteiger partial charge on any atom is -0.497 e. The number of hydrogen-bond acceptors (Lipinski definition) is 3. The summed E-state index contributed by atoms with van der Waals surface area (Å²) in [5, 5.41) is 9.59. The smallest absolute Gasteiger partial charge is 0.130 e. The van der Waals surface area contributed by atoms with Crippen LogP contribution in [0.3, 0.4) is 0 Å². The lowest BCUT2D eigenvalue weighted by Gasteiger charge is -2.36. The summed E-state index contributed by atoms with van der Waals surface area (Å²) < 4.78 is 24.3. The fourth-order valence-corrected chi connectivity index (χ4v) is 2.33. The third-order valence-corrected chi connectivity index (χ3v) is 3.50. The number of aliphatic hydroxyl groups is 1. The van der Waals surface area contributed by atoms with Crippen LogP contribution in [0.4, 0.5) is 4.39 Å². The van der Waals surface area contributed by atoms with Crippen molar-refractivity contribution in [3.63, 3.8) is 0 Å². The van der Waals surface area contributed by atoms with Gasteiger partial charge in [-0.25, -0.2) is 4.39 Å². The first-order chi connectivity index (χ1) is 8.22. The molecule has 94 valence electrons. The third kappa shape index (κ3) is 2.28. The Balaban J connectivity index is 2.36. The fraction of sp³-hybridized carbons (Fsp3) is 0.538. The molecular weight excluding hydrogens is 223 g/mol. The van der Waals surface area contributed by atoms with Crippen LogP contribution in [0.25, 0.3) is 0 Å². The van der Waals surface area contributed by atoms with Crippen molar-refractivity contribution >= 4 is 0 Å². The molecule has 1 saturated heterocycles. The molecule has 1 aliphatic rings. The zero-order chi connectivity index (χ0) is 12.3. The highest BCUT2D eigenvalue weighted by Gasteiger charge is 2.36. The number of halogens is 1. The lowest BCUT2D eigenvalue weighted by Crippen LogP contribution is -2.38. The Morgan fingerprint density at radius 3 is 2.65 bits per heavy atom. The van der Waals surface area contributed by atoms with Gasteiger partial charge < -0.3 is 14.6 Å². The van der Waals surface area contributed by atoms with Crippen molar-refractivity contribution in [1.29, 1.82) is 0 Å². The van der Waals surface area contributed by atoms with E-state index in [0.29, 0.717) is 37.4 Å². The first-order valence-corrected chi connectivity index (χ1v) is 5.74. The fourth-order valence-electron chi connectivity index (χ4n) is 2.33. The molecule has 1 fully saturated rings. The summed E-state index contributed by atoms with van der Waals surface area (Å²) in [7, 11) is 1.50. The number of benzene rings is 1. The van der Waals surface area contributed by atoms with Crippen molar-refractivity contribution in [3.05, 3.63) is 29.6 Å². The molecule has 0 spiro atoms. The van der Waals surface area contributed by atoms with Gasteiger partial charge in [0.05, 0.1) is 13.7 Å². The standard InChI is InChI=1S/C13H17FO3/c1-16-10-2-3-11(12(14)8-10)13(9-15)4-6-17-7-5-13/h2-3,8,15H,4-7,9H2,1H3. The second kappa shape index (κ2) is 5.02. The second-order valence-electron chi connectivity index (χ2n) is 4.40. The summed E-state index contributed by atoms with van der Waals surface area (Å²) in [6.07, 6.45) is 1.29. The number of rotatable bonds is 3. The van der Waals surface area contributed by atoms with Crippen LogP contribution in [0, 0.1) is 5.82 Å². The van der Waals surface area contributed by atoms with Gasteiger partial charge in [-0.1, -0.05) is 6.07 Å². The maximum Gasteiger partial charge on any atom is 0.130 e. The first-order valence-electron chi connectivity index (χ1n) is 5.74. The van der Waals surface area contributed by atoms with E-state index in [4.69, 9.17) is 9.47 Å². The van der Waals surface area contributed by atoms with E-state index in [2.05, 4.69) is 0 Å². The Labute approximate surface area is 100 Å². The molecular formula is C13H17FO3. The molecule has 1 aromatic rings. The average Bonchev–Trinajstić information content (AvgIpc) is 2.39. The van der Waals surface area contributed by atoms with Gasteiger partial charge in [-0.15, -0.1) is 0 Å². The number of ether oxygens (including phenoxy) is 2. The van der Waals surface area contributed by atoms with Gasteiger partial charge in [0, 0.05) is 24.7 Å². The number of methoxy groups -OCH3 is 1.